The Bertz CT molecular complexity index is 567. The SMILES string of the molecule is CCc1ccccc1NC(=O)CSc1n[nH]c(C)n1. The molecule has 0 atom stereocenters. The smallest absolute Gasteiger partial charge is 0.234 e. The van der Waals surface area contributed by atoms with Crippen LogP contribution in [0.2, 0.25) is 0 Å². The topological polar surface area (TPSA) is 70.7 Å². The molecule has 0 aliphatic rings. The molecule has 2 rings (SSSR count). The molecule has 0 spiro atoms. The zero-order chi connectivity index (χ0) is 13.7. The number of para-hydroxylation sites is 1. The van der Waals surface area contributed by atoms with E-state index in [4.69, 9.17) is 0 Å². The Morgan fingerprint density at radius 2 is 2.21 bits per heavy atom. The molecule has 1 heterocycles. The van der Waals surface area contributed by atoms with Gasteiger partial charge in [-0.05, 0) is 25.0 Å². The van der Waals surface area contributed by atoms with Crippen LogP contribution in [0.4, 0.5) is 5.69 Å². The van der Waals surface area contributed by atoms with Crippen molar-refractivity contribution in [2.45, 2.75) is 25.4 Å². The summed E-state index contributed by atoms with van der Waals surface area (Å²) in [6, 6.07) is 7.82. The zero-order valence-electron chi connectivity index (χ0n) is 10.9. The Balaban J connectivity index is 1.90. The zero-order valence-corrected chi connectivity index (χ0v) is 11.8. The maximum atomic E-state index is 11.9. The fraction of sp³-hybridized carbons (Fsp3) is 0.308. The number of rotatable bonds is 5. The molecule has 1 amide bonds. The monoisotopic (exact) mass is 276 g/mol. The van der Waals surface area contributed by atoms with E-state index >= 15 is 0 Å². The molecule has 2 aromatic rings. The fourth-order valence-corrected chi connectivity index (χ4v) is 2.30. The lowest BCUT2D eigenvalue weighted by Gasteiger charge is -2.08. The van der Waals surface area contributed by atoms with E-state index in [1.165, 1.54) is 11.8 Å². The quantitative estimate of drug-likeness (QED) is 0.823. The molecule has 0 bridgehead atoms. The minimum absolute atomic E-state index is 0.0478. The number of benzene rings is 1. The lowest BCUT2D eigenvalue weighted by atomic mass is 10.1. The number of amides is 1. The number of carbonyl (C=O) groups is 1. The molecule has 100 valence electrons. The van der Waals surface area contributed by atoms with E-state index in [1.807, 2.05) is 31.2 Å². The molecular weight excluding hydrogens is 260 g/mol. The van der Waals surface area contributed by atoms with Crippen molar-refractivity contribution in [3.05, 3.63) is 35.7 Å². The average Bonchev–Trinajstić information content (AvgIpc) is 2.83. The van der Waals surface area contributed by atoms with Gasteiger partial charge in [-0.25, -0.2) is 4.98 Å². The third-order valence-electron chi connectivity index (χ3n) is 2.58. The molecule has 0 aliphatic carbocycles. The maximum absolute atomic E-state index is 11.9. The number of hydrogen-bond donors (Lipinski definition) is 2. The van der Waals surface area contributed by atoms with E-state index in [0.29, 0.717) is 10.9 Å². The highest BCUT2D eigenvalue weighted by Crippen LogP contribution is 2.17. The molecule has 0 saturated heterocycles. The summed E-state index contributed by atoms with van der Waals surface area (Å²) in [7, 11) is 0. The van der Waals surface area contributed by atoms with E-state index in [0.717, 1.165) is 23.5 Å². The van der Waals surface area contributed by atoms with Gasteiger partial charge in [0.2, 0.25) is 11.1 Å². The molecule has 6 heteroatoms. The Morgan fingerprint density at radius 1 is 1.42 bits per heavy atom. The molecular formula is C13H16N4OS. The van der Waals surface area contributed by atoms with Crippen LogP contribution in [0.25, 0.3) is 0 Å². The van der Waals surface area contributed by atoms with Gasteiger partial charge in [0.25, 0.3) is 0 Å². The standard InChI is InChI=1S/C13H16N4OS/c1-3-10-6-4-5-7-11(10)15-12(18)8-19-13-14-9(2)16-17-13/h4-7H,3,8H2,1-2H3,(H,15,18)(H,14,16,17). The van der Waals surface area contributed by atoms with Gasteiger partial charge in [-0.3, -0.25) is 9.89 Å². The van der Waals surface area contributed by atoms with E-state index < -0.39 is 0 Å². The van der Waals surface area contributed by atoms with Crippen molar-refractivity contribution in [2.24, 2.45) is 0 Å². The van der Waals surface area contributed by atoms with E-state index in [2.05, 4.69) is 27.4 Å². The molecule has 0 saturated carbocycles. The van der Waals surface area contributed by atoms with Crippen LogP contribution in [0.3, 0.4) is 0 Å². The van der Waals surface area contributed by atoms with Crippen LogP contribution >= 0.6 is 11.8 Å². The lowest BCUT2D eigenvalue weighted by Crippen LogP contribution is -2.15. The molecule has 1 aromatic heterocycles. The highest BCUT2D eigenvalue weighted by atomic mass is 32.2. The second kappa shape index (κ2) is 6.38. The minimum Gasteiger partial charge on any atom is -0.325 e. The summed E-state index contributed by atoms with van der Waals surface area (Å²) < 4.78 is 0. The minimum atomic E-state index is -0.0478. The van der Waals surface area contributed by atoms with E-state index in [1.54, 1.807) is 0 Å². The number of H-pyrrole nitrogens is 1. The molecule has 0 aliphatic heterocycles. The molecule has 0 fully saturated rings. The Kier molecular flexibility index (Phi) is 4.57. The Hall–Kier alpha value is -1.82. The van der Waals surface area contributed by atoms with Crippen LogP contribution in [0.5, 0.6) is 0 Å². The van der Waals surface area contributed by atoms with Crippen molar-refractivity contribution < 1.29 is 4.79 Å². The first-order valence-electron chi connectivity index (χ1n) is 6.08. The normalized spacial score (nSPS) is 10.4. The third-order valence-corrected chi connectivity index (χ3v) is 3.43. The first kappa shape index (κ1) is 13.6. The van der Waals surface area contributed by atoms with Gasteiger partial charge in [-0.2, -0.15) is 0 Å². The lowest BCUT2D eigenvalue weighted by molar-refractivity contribution is -0.113. The van der Waals surface area contributed by atoms with Crippen LogP contribution in [0.1, 0.15) is 18.3 Å². The summed E-state index contributed by atoms with van der Waals surface area (Å²) in [4.78, 5) is 16.0. The number of nitrogens with zero attached hydrogens (tertiary/aromatic N) is 2. The largest absolute Gasteiger partial charge is 0.325 e. The second-order valence-corrected chi connectivity index (χ2v) is 4.99. The van der Waals surface area contributed by atoms with Gasteiger partial charge in [-0.15, -0.1) is 5.10 Å². The fourth-order valence-electron chi connectivity index (χ4n) is 1.65. The van der Waals surface area contributed by atoms with Crippen molar-refractivity contribution in [3.8, 4) is 0 Å². The maximum Gasteiger partial charge on any atom is 0.234 e. The molecule has 0 unspecified atom stereocenters. The van der Waals surface area contributed by atoms with E-state index in [-0.39, 0.29) is 5.91 Å². The molecule has 19 heavy (non-hydrogen) atoms. The van der Waals surface area contributed by atoms with Gasteiger partial charge in [0.05, 0.1) is 5.75 Å². The van der Waals surface area contributed by atoms with E-state index in [9.17, 15) is 4.79 Å². The van der Waals surface area contributed by atoms with Crippen molar-refractivity contribution in [2.75, 3.05) is 11.1 Å². The molecule has 0 radical (unpaired) electrons. The summed E-state index contributed by atoms with van der Waals surface area (Å²) >= 11 is 1.32. The van der Waals surface area contributed by atoms with Crippen LogP contribution in [-0.2, 0) is 11.2 Å². The molecule has 5 nitrogen and oxygen atoms in total. The van der Waals surface area contributed by atoms with Gasteiger partial charge in [0, 0.05) is 5.69 Å². The molecule has 2 N–H and O–H groups in total. The third kappa shape index (κ3) is 3.82. The number of aryl methyl sites for hydroxylation is 2. The summed E-state index contributed by atoms with van der Waals surface area (Å²) in [5.41, 5.74) is 2.01. The Morgan fingerprint density at radius 3 is 2.89 bits per heavy atom. The van der Waals surface area contributed by atoms with Crippen molar-refractivity contribution in [1.29, 1.82) is 0 Å². The molecule has 1 aromatic carbocycles. The average molecular weight is 276 g/mol. The van der Waals surface area contributed by atoms with Crippen molar-refractivity contribution >= 4 is 23.4 Å². The second-order valence-electron chi connectivity index (χ2n) is 4.05. The van der Waals surface area contributed by atoms with Crippen LogP contribution in [-0.4, -0.2) is 26.8 Å². The number of carbonyl (C=O) groups excluding carboxylic acids is 1. The van der Waals surface area contributed by atoms with Gasteiger partial charge >= 0.3 is 0 Å². The highest BCUT2D eigenvalue weighted by molar-refractivity contribution is 7.99. The predicted molar refractivity (Wildman–Crippen MR) is 76.3 cm³/mol. The number of aromatic amines is 1. The predicted octanol–water partition coefficient (Wildman–Crippen LogP) is 2.41. The summed E-state index contributed by atoms with van der Waals surface area (Å²) in [6.07, 6.45) is 0.893. The van der Waals surface area contributed by atoms with Crippen molar-refractivity contribution in [3.63, 3.8) is 0 Å². The van der Waals surface area contributed by atoms with Gasteiger partial charge in [0.1, 0.15) is 5.82 Å². The first-order chi connectivity index (χ1) is 9.19. The number of thioether (sulfide) groups is 1. The Labute approximate surface area is 116 Å². The van der Waals surface area contributed by atoms with Crippen molar-refractivity contribution in [1.82, 2.24) is 15.2 Å². The number of anilines is 1. The number of aromatic nitrogens is 3. The number of nitrogens with one attached hydrogen (secondary N) is 2. The summed E-state index contributed by atoms with van der Waals surface area (Å²) in [5, 5.41) is 10.2. The van der Waals surface area contributed by atoms with Gasteiger partial charge < -0.3 is 5.32 Å². The number of hydrogen-bond acceptors (Lipinski definition) is 4. The van der Waals surface area contributed by atoms with Crippen LogP contribution in [0, 0.1) is 6.92 Å². The summed E-state index contributed by atoms with van der Waals surface area (Å²) in [6.45, 7) is 3.89. The van der Waals surface area contributed by atoms with Gasteiger partial charge in [0.15, 0.2) is 0 Å². The van der Waals surface area contributed by atoms with Gasteiger partial charge in [-0.1, -0.05) is 36.9 Å². The highest BCUT2D eigenvalue weighted by Gasteiger charge is 2.08. The van der Waals surface area contributed by atoms with Crippen LogP contribution < -0.4 is 5.32 Å². The van der Waals surface area contributed by atoms with Crippen LogP contribution in [0.15, 0.2) is 29.4 Å². The summed E-state index contributed by atoms with van der Waals surface area (Å²) in [5.74, 6) is 1.00. The first-order valence-corrected chi connectivity index (χ1v) is 7.07.